The van der Waals surface area contributed by atoms with Gasteiger partial charge in [0.05, 0.1) is 6.61 Å². The van der Waals surface area contributed by atoms with E-state index in [1.54, 1.807) is 20.8 Å². The number of hydrogen-bond acceptors (Lipinski definition) is 5. The molecule has 20 heavy (non-hydrogen) atoms. The lowest BCUT2D eigenvalue weighted by Crippen LogP contribution is -2.50. The smallest absolute Gasteiger partial charge is 0.421 e. The Bertz CT molecular complexity index is 405. The molecule has 0 aliphatic carbocycles. The van der Waals surface area contributed by atoms with E-state index in [2.05, 4.69) is 10.1 Å². The first-order valence-electron chi connectivity index (χ1n) is 7.04. The highest BCUT2D eigenvalue weighted by Gasteiger charge is 2.30. The second kappa shape index (κ2) is 7.80. The number of carbonyl (C=O) groups excluding carboxylic acids is 1. The summed E-state index contributed by atoms with van der Waals surface area (Å²) >= 11 is 0. The monoisotopic (exact) mass is 307 g/mol. The van der Waals surface area contributed by atoms with E-state index < -0.39 is 16.3 Å². The van der Waals surface area contributed by atoms with Crippen LogP contribution in [0.1, 0.15) is 33.6 Å². The molecule has 1 fully saturated rings. The fourth-order valence-electron chi connectivity index (χ4n) is 2.25. The molecule has 0 aromatic carbocycles. The second-order valence-electron chi connectivity index (χ2n) is 5.20. The number of nitrogens with one attached hydrogen (secondary N) is 2. The maximum Gasteiger partial charge on any atom is 0.421 e. The number of rotatable bonds is 6. The van der Waals surface area contributed by atoms with Crippen molar-refractivity contribution < 1.29 is 17.9 Å². The van der Waals surface area contributed by atoms with E-state index >= 15 is 0 Å². The van der Waals surface area contributed by atoms with E-state index in [9.17, 15) is 13.2 Å². The van der Waals surface area contributed by atoms with Gasteiger partial charge in [0.2, 0.25) is 0 Å². The average Bonchev–Trinajstić information content (AvgIpc) is 2.36. The third-order valence-electron chi connectivity index (χ3n) is 3.21. The first-order valence-corrected chi connectivity index (χ1v) is 8.48. The van der Waals surface area contributed by atoms with Gasteiger partial charge in [-0.3, -0.25) is 0 Å². The van der Waals surface area contributed by atoms with E-state index in [-0.39, 0.29) is 18.6 Å². The molecule has 1 aliphatic heterocycles. The minimum Gasteiger partial charge on any atom is -0.449 e. The molecule has 1 unspecified atom stereocenters. The molecular formula is C12H25N3O4S. The molecule has 2 N–H and O–H groups in total. The number of piperidine rings is 1. The number of hydrogen-bond donors (Lipinski definition) is 2. The van der Waals surface area contributed by atoms with Crippen LogP contribution >= 0.6 is 0 Å². The molecule has 1 atom stereocenters. The van der Waals surface area contributed by atoms with Crippen molar-refractivity contribution in [3.8, 4) is 0 Å². The molecule has 118 valence electrons. The van der Waals surface area contributed by atoms with Crippen molar-refractivity contribution in [2.45, 2.75) is 39.7 Å². The Morgan fingerprint density at radius 3 is 2.70 bits per heavy atom. The SMILES string of the molecule is CCOC(=O)NS(=O)(=O)N(CC1CCCNC1)C(C)C. The van der Waals surface area contributed by atoms with Crippen LogP contribution in [-0.2, 0) is 14.9 Å². The topological polar surface area (TPSA) is 87.7 Å². The predicted molar refractivity (Wildman–Crippen MR) is 76.5 cm³/mol. The Morgan fingerprint density at radius 1 is 1.50 bits per heavy atom. The van der Waals surface area contributed by atoms with Gasteiger partial charge in [-0.25, -0.2) is 9.52 Å². The quantitative estimate of drug-likeness (QED) is 0.754. The molecule has 1 aliphatic rings. The Kier molecular flexibility index (Phi) is 6.70. The lowest BCUT2D eigenvalue weighted by atomic mass is 9.99. The maximum absolute atomic E-state index is 12.2. The molecule has 7 nitrogen and oxygen atoms in total. The van der Waals surface area contributed by atoms with E-state index in [1.165, 1.54) is 4.31 Å². The Balaban J connectivity index is 2.70. The molecule has 0 spiro atoms. The fourth-order valence-corrected chi connectivity index (χ4v) is 3.59. The lowest BCUT2D eigenvalue weighted by Gasteiger charge is -2.31. The number of amides is 1. The molecule has 8 heteroatoms. The Hall–Kier alpha value is -0.860. The molecule has 1 heterocycles. The van der Waals surface area contributed by atoms with Gasteiger partial charge in [-0.05, 0) is 52.6 Å². The van der Waals surface area contributed by atoms with Crippen LogP contribution in [0.3, 0.4) is 0 Å². The van der Waals surface area contributed by atoms with Crippen LogP contribution in [0, 0.1) is 5.92 Å². The molecule has 0 aromatic rings. The van der Waals surface area contributed by atoms with Gasteiger partial charge < -0.3 is 10.1 Å². The van der Waals surface area contributed by atoms with Gasteiger partial charge in [0.15, 0.2) is 0 Å². The number of nitrogens with zero attached hydrogens (tertiary/aromatic N) is 1. The molecule has 1 amide bonds. The summed E-state index contributed by atoms with van der Waals surface area (Å²) in [5.41, 5.74) is 0. The van der Waals surface area contributed by atoms with E-state index in [0.717, 1.165) is 25.9 Å². The van der Waals surface area contributed by atoms with E-state index in [1.807, 2.05) is 4.72 Å². The van der Waals surface area contributed by atoms with Crippen molar-refractivity contribution in [3.63, 3.8) is 0 Å². The normalized spacial score (nSPS) is 20.1. The van der Waals surface area contributed by atoms with Crippen molar-refractivity contribution in [1.82, 2.24) is 14.3 Å². The van der Waals surface area contributed by atoms with Gasteiger partial charge in [0.1, 0.15) is 0 Å². The van der Waals surface area contributed by atoms with Crippen molar-refractivity contribution in [2.24, 2.45) is 5.92 Å². The zero-order chi connectivity index (χ0) is 15.2. The van der Waals surface area contributed by atoms with Crippen molar-refractivity contribution >= 4 is 16.3 Å². The van der Waals surface area contributed by atoms with Crippen LogP contribution in [0.25, 0.3) is 0 Å². The van der Waals surface area contributed by atoms with Crippen LogP contribution < -0.4 is 10.0 Å². The largest absolute Gasteiger partial charge is 0.449 e. The summed E-state index contributed by atoms with van der Waals surface area (Å²) in [6, 6.07) is -0.219. The second-order valence-corrected chi connectivity index (χ2v) is 6.83. The Morgan fingerprint density at radius 2 is 2.20 bits per heavy atom. The zero-order valence-electron chi connectivity index (χ0n) is 12.4. The first-order chi connectivity index (χ1) is 9.36. The average molecular weight is 307 g/mol. The molecule has 0 bridgehead atoms. The van der Waals surface area contributed by atoms with Gasteiger partial charge in [-0.1, -0.05) is 0 Å². The van der Waals surface area contributed by atoms with Crippen LogP contribution in [0.5, 0.6) is 0 Å². The zero-order valence-corrected chi connectivity index (χ0v) is 13.2. The highest BCUT2D eigenvalue weighted by atomic mass is 32.2. The van der Waals surface area contributed by atoms with Crippen molar-refractivity contribution in [1.29, 1.82) is 0 Å². The summed E-state index contributed by atoms with van der Waals surface area (Å²) < 4.78 is 32.3. The van der Waals surface area contributed by atoms with Gasteiger partial charge in [-0.15, -0.1) is 0 Å². The summed E-state index contributed by atoms with van der Waals surface area (Å²) in [6.07, 6.45) is 1.10. The maximum atomic E-state index is 12.2. The molecular weight excluding hydrogens is 282 g/mol. The third kappa shape index (κ3) is 5.26. The van der Waals surface area contributed by atoms with Crippen molar-refractivity contribution in [3.05, 3.63) is 0 Å². The summed E-state index contributed by atoms with van der Waals surface area (Å²) in [5, 5.41) is 3.26. The molecule has 1 saturated heterocycles. The third-order valence-corrected chi connectivity index (χ3v) is 4.82. The fraction of sp³-hybridized carbons (Fsp3) is 0.917. The van der Waals surface area contributed by atoms with Gasteiger partial charge in [0.25, 0.3) is 0 Å². The van der Waals surface area contributed by atoms with Crippen LogP contribution in [0.2, 0.25) is 0 Å². The summed E-state index contributed by atoms with van der Waals surface area (Å²) in [5.74, 6) is 0.268. The highest BCUT2D eigenvalue weighted by Crippen LogP contribution is 2.16. The molecule has 0 radical (unpaired) electrons. The van der Waals surface area contributed by atoms with Crippen LogP contribution in [0.15, 0.2) is 0 Å². The number of ether oxygens (including phenoxy) is 1. The predicted octanol–water partition coefficient (Wildman–Crippen LogP) is 0.687. The van der Waals surface area contributed by atoms with Crippen LogP contribution in [0.4, 0.5) is 4.79 Å². The minimum absolute atomic E-state index is 0.135. The highest BCUT2D eigenvalue weighted by molar-refractivity contribution is 7.87. The number of carbonyl (C=O) groups is 1. The van der Waals surface area contributed by atoms with E-state index in [4.69, 9.17) is 0 Å². The summed E-state index contributed by atoms with van der Waals surface area (Å²) in [7, 11) is -3.86. The molecule has 0 saturated carbocycles. The van der Waals surface area contributed by atoms with E-state index in [0.29, 0.717) is 6.54 Å². The Labute approximate surface area is 121 Å². The molecule has 1 rings (SSSR count). The van der Waals surface area contributed by atoms with Gasteiger partial charge in [-0.2, -0.15) is 12.7 Å². The molecule has 0 aromatic heterocycles. The minimum atomic E-state index is -3.86. The summed E-state index contributed by atoms with van der Waals surface area (Å²) in [6.45, 7) is 7.53. The standard InChI is InChI=1S/C12H25N3O4S/c1-4-19-12(16)14-20(17,18)15(10(2)3)9-11-6-5-7-13-8-11/h10-11,13H,4-9H2,1-3H3,(H,14,16). The summed E-state index contributed by atoms with van der Waals surface area (Å²) in [4.78, 5) is 11.3. The van der Waals surface area contributed by atoms with Gasteiger partial charge in [0, 0.05) is 12.6 Å². The van der Waals surface area contributed by atoms with Gasteiger partial charge >= 0.3 is 16.3 Å². The lowest BCUT2D eigenvalue weighted by molar-refractivity contribution is 0.157. The van der Waals surface area contributed by atoms with Crippen LogP contribution in [-0.4, -0.2) is 51.1 Å². The van der Waals surface area contributed by atoms with Crippen molar-refractivity contribution in [2.75, 3.05) is 26.2 Å². The first kappa shape index (κ1) is 17.2.